The largest absolute Gasteiger partial charge is 0.497 e. The lowest BCUT2D eigenvalue weighted by Crippen LogP contribution is -2.33. The van der Waals surface area contributed by atoms with Gasteiger partial charge in [0.25, 0.3) is 0 Å². The monoisotopic (exact) mass is 223 g/mol. The molecule has 4 nitrogen and oxygen atoms in total. The summed E-state index contributed by atoms with van der Waals surface area (Å²) in [5.41, 5.74) is 7.77. The lowest BCUT2D eigenvalue weighted by atomic mass is 10.0. The second-order valence-electron chi connectivity index (χ2n) is 3.63. The number of aryl methyl sites for hydroxylation is 1. The fourth-order valence-electron chi connectivity index (χ4n) is 1.50. The van der Waals surface area contributed by atoms with Gasteiger partial charge in [-0.2, -0.15) is 0 Å². The molecule has 0 unspecified atom stereocenters. The van der Waals surface area contributed by atoms with E-state index in [4.69, 9.17) is 10.5 Å². The first-order valence-corrected chi connectivity index (χ1v) is 5.05. The van der Waals surface area contributed by atoms with Gasteiger partial charge in [-0.1, -0.05) is 6.07 Å². The molecule has 1 atom stereocenters. The summed E-state index contributed by atoms with van der Waals surface area (Å²) in [6.07, 6.45) is 0.475. The first kappa shape index (κ1) is 12.5. The fraction of sp³-hybridized carbons (Fsp3) is 0.417. The Balaban J connectivity index is 2.78. The highest BCUT2D eigenvalue weighted by atomic mass is 16.5. The molecule has 0 fully saturated rings. The predicted octanol–water partition coefficient (Wildman–Crippen LogP) is 1.05. The average molecular weight is 223 g/mol. The van der Waals surface area contributed by atoms with E-state index >= 15 is 0 Å². The van der Waals surface area contributed by atoms with Crippen LogP contribution >= 0.6 is 0 Å². The van der Waals surface area contributed by atoms with Gasteiger partial charge in [0.15, 0.2) is 0 Å². The van der Waals surface area contributed by atoms with Gasteiger partial charge in [0.1, 0.15) is 11.8 Å². The Labute approximate surface area is 95.3 Å². The first-order valence-electron chi connectivity index (χ1n) is 5.05. The average Bonchev–Trinajstić information content (AvgIpc) is 2.30. The van der Waals surface area contributed by atoms with Crippen molar-refractivity contribution in [1.82, 2.24) is 0 Å². The Morgan fingerprint density at radius 1 is 1.44 bits per heavy atom. The number of methoxy groups -OCH3 is 2. The van der Waals surface area contributed by atoms with Gasteiger partial charge in [-0.05, 0) is 36.6 Å². The molecule has 0 aliphatic rings. The third kappa shape index (κ3) is 2.97. The van der Waals surface area contributed by atoms with Crippen molar-refractivity contribution >= 4 is 5.97 Å². The molecular formula is C12H17NO3. The van der Waals surface area contributed by atoms with Gasteiger partial charge in [-0.25, -0.2) is 0 Å². The van der Waals surface area contributed by atoms with Gasteiger partial charge >= 0.3 is 5.97 Å². The van der Waals surface area contributed by atoms with E-state index < -0.39 is 12.0 Å². The predicted molar refractivity (Wildman–Crippen MR) is 61.4 cm³/mol. The van der Waals surface area contributed by atoms with Crippen LogP contribution in [0.5, 0.6) is 5.75 Å². The van der Waals surface area contributed by atoms with Crippen molar-refractivity contribution < 1.29 is 14.3 Å². The summed E-state index contributed by atoms with van der Waals surface area (Å²) in [6.45, 7) is 1.96. The third-order valence-corrected chi connectivity index (χ3v) is 2.49. The second kappa shape index (κ2) is 5.51. The molecule has 1 rings (SSSR count). The zero-order valence-electron chi connectivity index (χ0n) is 9.82. The van der Waals surface area contributed by atoms with E-state index in [-0.39, 0.29) is 0 Å². The number of hydrogen-bond acceptors (Lipinski definition) is 4. The van der Waals surface area contributed by atoms with Crippen molar-refractivity contribution in [1.29, 1.82) is 0 Å². The highest BCUT2D eigenvalue weighted by Crippen LogP contribution is 2.17. The number of esters is 1. The highest BCUT2D eigenvalue weighted by molar-refractivity contribution is 5.75. The summed E-state index contributed by atoms with van der Waals surface area (Å²) >= 11 is 0. The Morgan fingerprint density at radius 3 is 2.62 bits per heavy atom. The van der Waals surface area contributed by atoms with Crippen LogP contribution in [0, 0.1) is 6.92 Å². The van der Waals surface area contributed by atoms with Crippen molar-refractivity contribution in [3.05, 3.63) is 29.3 Å². The Bertz CT molecular complexity index is 377. The van der Waals surface area contributed by atoms with E-state index in [1.165, 1.54) is 7.11 Å². The van der Waals surface area contributed by atoms with Crippen LogP contribution in [0.3, 0.4) is 0 Å². The lowest BCUT2D eigenvalue weighted by molar-refractivity contribution is -0.142. The molecule has 16 heavy (non-hydrogen) atoms. The molecule has 2 N–H and O–H groups in total. The molecule has 0 radical (unpaired) electrons. The minimum absolute atomic E-state index is 0.393. The van der Waals surface area contributed by atoms with Crippen molar-refractivity contribution in [3.63, 3.8) is 0 Å². The van der Waals surface area contributed by atoms with Crippen molar-refractivity contribution in [2.45, 2.75) is 19.4 Å². The molecule has 0 saturated carbocycles. The maximum absolute atomic E-state index is 11.2. The molecule has 0 bridgehead atoms. The van der Waals surface area contributed by atoms with Gasteiger partial charge < -0.3 is 15.2 Å². The molecule has 0 aliphatic carbocycles. The number of ether oxygens (including phenoxy) is 2. The third-order valence-electron chi connectivity index (χ3n) is 2.49. The molecule has 0 aliphatic heterocycles. The Kier molecular flexibility index (Phi) is 4.31. The summed E-state index contributed by atoms with van der Waals surface area (Å²) in [5, 5.41) is 0. The molecular weight excluding hydrogens is 206 g/mol. The van der Waals surface area contributed by atoms with E-state index in [0.717, 1.165) is 16.9 Å². The number of carbonyl (C=O) groups is 1. The van der Waals surface area contributed by atoms with Crippen LogP contribution in [0.4, 0.5) is 0 Å². The minimum Gasteiger partial charge on any atom is -0.497 e. The minimum atomic E-state index is -0.614. The van der Waals surface area contributed by atoms with Crippen LogP contribution < -0.4 is 10.5 Å². The number of rotatable bonds is 4. The van der Waals surface area contributed by atoms with E-state index in [0.29, 0.717) is 6.42 Å². The van der Waals surface area contributed by atoms with Gasteiger partial charge in [0, 0.05) is 0 Å². The van der Waals surface area contributed by atoms with E-state index in [2.05, 4.69) is 4.74 Å². The van der Waals surface area contributed by atoms with E-state index in [1.807, 2.05) is 25.1 Å². The maximum atomic E-state index is 11.2. The normalized spacial score (nSPS) is 12.0. The van der Waals surface area contributed by atoms with Crippen LogP contribution in [0.15, 0.2) is 18.2 Å². The van der Waals surface area contributed by atoms with Gasteiger partial charge in [-0.15, -0.1) is 0 Å². The topological polar surface area (TPSA) is 61.5 Å². The summed E-state index contributed by atoms with van der Waals surface area (Å²) in [6, 6.07) is 5.07. The van der Waals surface area contributed by atoms with Crippen molar-refractivity contribution in [3.8, 4) is 5.75 Å². The van der Waals surface area contributed by atoms with Gasteiger partial charge in [0.2, 0.25) is 0 Å². The molecule has 0 heterocycles. The number of nitrogens with two attached hydrogens (primary N) is 1. The molecule has 0 spiro atoms. The Morgan fingerprint density at radius 2 is 2.12 bits per heavy atom. The zero-order valence-corrected chi connectivity index (χ0v) is 9.82. The lowest BCUT2D eigenvalue weighted by Gasteiger charge is -2.12. The molecule has 4 heteroatoms. The van der Waals surface area contributed by atoms with Crippen LogP contribution in [0.25, 0.3) is 0 Å². The summed E-state index contributed by atoms with van der Waals surface area (Å²) in [7, 11) is 2.96. The van der Waals surface area contributed by atoms with Crippen molar-refractivity contribution in [2.24, 2.45) is 5.73 Å². The molecule has 0 amide bonds. The van der Waals surface area contributed by atoms with Crippen LogP contribution in [0.1, 0.15) is 11.1 Å². The van der Waals surface area contributed by atoms with Crippen LogP contribution in [0.2, 0.25) is 0 Å². The van der Waals surface area contributed by atoms with Gasteiger partial charge in [0.05, 0.1) is 14.2 Å². The SMILES string of the molecule is COC(=O)[C@@H](N)Cc1ccc(OC)cc1C. The highest BCUT2D eigenvalue weighted by Gasteiger charge is 2.15. The quantitative estimate of drug-likeness (QED) is 0.775. The van der Waals surface area contributed by atoms with Crippen LogP contribution in [-0.2, 0) is 16.0 Å². The summed E-state index contributed by atoms with van der Waals surface area (Å²) in [4.78, 5) is 11.2. The molecule has 88 valence electrons. The maximum Gasteiger partial charge on any atom is 0.322 e. The number of benzene rings is 1. The standard InChI is InChI=1S/C12H17NO3/c1-8-6-10(15-2)5-4-9(8)7-11(13)12(14)16-3/h4-6,11H,7,13H2,1-3H3/t11-/m0/s1. The van der Waals surface area contributed by atoms with Crippen LogP contribution in [-0.4, -0.2) is 26.2 Å². The summed E-state index contributed by atoms with van der Waals surface area (Å²) < 4.78 is 9.68. The summed E-state index contributed by atoms with van der Waals surface area (Å²) in [5.74, 6) is 0.406. The van der Waals surface area contributed by atoms with E-state index in [1.54, 1.807) is 7.11 Å². The number of carbonyl (C=O) groups excluding carboxylic acids is 1. The molecule has 1 aromatic rings. The first-order chi connectivity index (χ1) is 7.58. The molecule has 1 aromatic carbocycles. The number of hydrogen-bond donors (Lipinski definition) is 1. The second-order valence-corrected chi connectivity index (χ2v) is 3.63. The smallest absolute Gasteiger partial charge is 0.322 e. The fourth-order valence-corrected chi connectivity index (χ4v) is 1.50. The zero-order chi connectivity index (χ0) is 12.1. The Hall–Kier alpha value is -1.55. The van der Waals surface area contributed by atoms with Gasteiger partial charge in [-0.3, -0.25) is 4.79 Å². The van der Waals surface area contributed by atoms with E-state index in [9.17, 15) is 4.79 Å². The van der Waals surface area contributed by atoms with Crippen molar-refractivity contribution in [2.75, 3.05) is 14.2 Å². The molecule has 0 aromatic heterocycles. The molecule has 0 saturated heterocycles.